The molecule has 1 aliphatic carbocycles. The van der Waals surface area contributed by atoms with Crippen molar-refractivity contribution in [1.29, 1.82) is 0 Å². The van der Waals surface area contributed by atoms with Gasteiger partial charge in [-0.15, -0.1) is 0 Å². The van der Waals surface area contributed by atoms with Gasteiger partial charge in [0.15, 0.2) is 0 Å². The van der Waals surface area contributed by atoms with Gasteiger partial charge in [0.05, 0.1) is 5.92 Å². The number of halogens is 1. The molecule has 0 aromatic heterocycles. The van der Waals surface area contributed by atoms with Crippen molar-refractivity contribution in [3.63, 3.8) is 0 Å². The fourth-order valence-corrected chi connectivity index (χ4v) is 3.67. The summed E-state index contributed by atoms with van der Waals surface area (Å²) in [4.78, 5) is 12.2. The lowest BCUT2D eigenvalue weighted by Gasteiger charge is -2.33. The predicted molar refractivity (Wildman–Crippen MR) is 81.9 cm³/mol. The van der Waals surface area contributed by atoms with Crippen LogP contribution in [0.1, 0.15) is 31.2 Å². The highest BCUT2D eigenvalue weighted by atomic mass is 127. The standard InChI is InChI=1S/C15H18INO2/c16-11-4-1-10-7-13(15(18)19-14(10)8-11)9-2-5-12(17)6-3-9/h1,4,8-9,12-13H,2-3,5-7,17H2. The van der Waals surface area contributed by atoms with Crippen molar-refractivity contribution in [3.05, 3.63) is 27.3 Å². The van der Waals surface area contributed by atoms with Crippen molar-refractivity contribution in [1.82, 2.24) is 0 Å². The van der Waals surface area contributed by atoms with Crippen molar-refractivity contribution >= 4 is 28.6 Å². The summed E-state index contributed by atoms with van der Waals surface area (Å²) in [5.74, 6) is 1.18. The molecule has 1 aromatic carbocycles. The Morgan fingerprint density at radius 2 is 1.95 bits per heavy atom. The predicted octanol–water partition coefficient (Wildman–Crippen LogP) is 2.89. The minimum Gasteiger partial charge on any atom is -0.426 e. The number of fused-ring (bicyclic) bond motifs is 1. The van der Waals surface area contributed by atoms with Gasteiger partial charge in [0.1, 0.15) is 5.75 Å². The highest BCUT2D eigenvalue weighted by molar-refractivity contribution is 14.1. The Bertz CT molecular complexity index is 495. The summed E-state index contributed by atoms with van der Waals surface area (Å²) in [6.45, 7) is 0. The van der Waals surface area contributed by atoms with Gasteiger partial charge in [-0.05, 0) is 78.3 Å². The van der Waals surface area contributed by atoms with Crippen LogP contribution in [0.2, 0.25) is 0 Å². The monoisotopic (exact) mass is 371 g/mol. The third-order valence-electron chi connectivity index (χ3n) is 4.37. The van der Waals surface area contributed by atoms with Gasteiger partial charge in [0.25, 0.3) is 0 Å². The Balaban J connectivity index is 1.78. The second kappa shape index (κ2) is 5.40. The molecule has 2 N–H and O–H groups in total. The molecule has 0 amide bonds. The Morgan fingerprint density at radius 3 is 2.68 bits per heavy atom. The molecule has 1 heterocycles. The van der Waals surface area contributed by atoms with Gasteiger partial charge in [-0.2, -0.15) is 0 Å². The SMILES string of the molecule is NC1CCC(C2Cc3ccc(I)cc3OC2=O)CC1. The zero-order chi connectivity index (χ0) is 13.4. The molecule has 3 rings (SSSR count). The number of hydrogen-bond donors (Lipinski definition) is 1. The maximum absolute atomic E-state index is 12.2. The van der Waals surface area contributed by atoms with Crippen LogP contribution in [0, 0.1) is 15.4 Å². The lowest BCUT2D eigenvalue weighted by atomic mass is 9.75. The first-order valence-electron chi connectivity index (χ1n) is 6.89. The van der Waals surface area contributed by atoms with Gasteiger partial charge in [-0.1, -0.05) is 6.07 Å². The van der Waals surface area contributed by atoms with Crippen LogP contribution in [0.4, 0.5) is 0 Å². The highest BCUT2D eigenvalue weighted by Crippen LogP contribution is 2.37. The molecule has 1 aliphatic heterocycles. The molecule has 1 saturated carbocycles. The second-order valence-electron chi connectivity index (χ2n) is 5.66. The summed E-state index contributed by atoms with van der Waals surface area (Å²) < 4.78 is 6.63. The van der Waals surface area contributed by atoms with Crippen LogP contribution >= 0.6 is 22.6 Å². The van der Waals surface area contributed by atoms with Crippen molar-refractivity contribution < 1.29 is 9.53 Å². The molecule has 0 radical (unpaired) electrons. The summed E-state index contributed by atoms with van der Waals surface area (Å²) in [5.41, 5.74) is 7.10. The van der Waals surface area contributed by atoms with E-state index in [4.69, 9.17) is 10.5 Å². The molecule has 4 heteroatoms. The molecule has 3 nitrogen and oxygen atoms in total. The number of ether oxygens (including phenoxy) is 1. The zero-order valence-corrected chi connectivity index (χ0v) is 12.9. The zero-order valence-electron chi connectivity index (χ0n) is 10.8. The molecule has 0 bridgehead atoms. The van der Waals surface area contributed by atoms with Gasteiger partial charge in [-0.25, -0.2) is 0 Å². The van der Waals surface area contributed by atoms with Gasteiger partial charge >= 0.3 is 5.97 Å². The van der Waals surface area contributed by atoms with E-state index in [0.717, 1.165) is 41.4 Å². The lowest BCUT2D eigenvalue weighted by Crippen LogP contribution is -2.37. The average Bonchev–Trinajstić information content (AvgIpc) is 2.39. The molecule has 1 atom stereocenters. The van der Waals surface area contributed by atoms with Crippen LogP contribution in [-0.4, -0.2) is 12.0 Å². The molecular weight excluding hydrogens is 353 g/mol. The number of carbonyl (C=O) groups excluding carboxylic acids is 1. The topological polar surface area (TPSA) is 52.3 Å². The molecule has 0 spiro atoms. The van der Waals surface area contributed by atoms with E-state index >= 15 is 0 Å². The number of rotatable bonds is 1. The molecule has 1 unspecified atom stereocenters. The summed E-state index contributed by atoms with van der Waals surface area (Å²) in [7, 11) is 0. The van der Waals surface area contributed by atoms with Gasteiger partial charge in [-0.3, -0.25) is 4.79 Å². The van der Waals surface area contributed by atoms with E-state index in [-0.39, 0.29) is 11.9 Å². The van der Waals surface area contributed by atoms with E-state index in [1.165, 1.54) is 5.56 Å². The molecule has 102 valence electrons. The largest absolute Gasteiger partial charge is 0.426 e. The van der Waals surface area contributed by atoms with Crippen molar-refractivity contribution in [2.24, 2.45) is 17.6 Å². The second-order valence-corrected chi connectivity index (χ2v) is 6.90. The van der Waals surface area contributed by atoms with E-state index in [2.05, 4.69) is 34.7 Å². The molecule has 2 aliphatic rings. The van der Waals surface area contributed by atoms with Gasteiger partial charge in [0.2, 0.25) is 0 Å². The van der Waals surface area contributed by atoms with E-state index in [1.807, 2.05) is 6.07 Å². The third-order valence-corrected chi connectivity index (χ3v) is 5.04. The van der Waals surface area contributed by atoms with Crippen LogP contribution in [0.5, 0.6) is 5.75 Å². The maximum atomic E-state index is 12.2. The van der Waals surface area contributed by atoms with Crippen LogP contribution in [0.25, 0.3) is 0 Å². The van der Waals surface area contributed by atoms with Gasteiger partial charge in [0, 0.05) is 9.61 Å². The first-order chi connectivity index (χ1) is 9.13. The van der Waals surface area contributed by atoms with E-state index in [0.29, 0.717) is 12.0 Å². The normalized spacial score (nSPS) is 30.6. The minimum atomic E-state index is -0.0463. The molecule has 19 heavy (non-hydrogen) atoms. The molecule has 0 saturated heterocycles. The van der Waals surface area contributed by atoms with E-state index in [9.17, 15) is 4.79 Å². The summed E-state index contributed by atoms with van der Waals surface area (Å²) >= 11 is 2.24. The number of nitrogens with two attached hydrogens (primary N) is 1. The van der Waals surface area contributed by atoms with Crippen LogP contribution < -0.4 is 10.5 Å². The Morgan fingerprint density at radius 1 is 1.21 bits per heavy atom. The Hall–Kier alpha value is -0.620. The molecule has 1 fully saturated rings. The van der Waals surface area contributed by atoms with Gasteiger partial charge < -0.3 is 10.5 Å². The van der Waals surface area contributed by atoms with E-state index < -0.39 is 0 Å². The Kier molecular flexibility index (Phi) is 3.80. The number of carbonyl (C=O) groups is 1. The first kappa shape index (κ1) is 13.4. The highest BCUT2D eigenvalue weighted by Gasteiger charge is 2.36. The lowest BCUT2D eigenvalue weighted by molar-refractivity contribution is -0.142. The molecular formula is C15H18INO2. The van der Waals surface area contributed by atoms with E-state index in [1.54, 1.807) is 0 Å². The number of benzene rings is 1. The number of esters is 1. The average molecular weight is 371 g/mol. The Labute approximate surface area is 127 Å². The fourth-order valence-electron chi connectivity index (χ4n) is 3.20. The molecule has 1 aromatic rings. The van der Waals surface area contributed by atoms with Crippen LogP contribution in [0.15, 0.2) is 18.2 Å². The summed E-state index contributed by atoms with van der Waals surface area (Å²) in [6.07, 6.45) is 5.01. The minimum absolute atomic E-state index is 0.0278. The maximum Gasteiger partial charge on any atom is 0.314 e. The third kappa shape index (κ3) is 2.79. The smallest absolute Gasteiger partial charge is 0.314 e. The summed E-state index contributed by atoms with van der Waals surface area (Å²) in [6, 6.07) is 6.43. The van der Waals surface area contributed by atoms with Crippen LogP contribution in [-0.2, 0) is 11.2 Å². The van der Waals surface area contributed by atoms with Crippen LogP contribution in [0.3, 0.4) is 0 Å². The first-order valence-corrected chi connectivity index (χ1v) is 7.97. The van der Waals surface area contributed by atoms with Crippen molar-refractivity contribution in [2.45, 2.75) is 38.1 Å². The quantitative estimate of drug-likeness (QED) is 0.469. The number of hydrogen-bond acceptors (Lipinski definition) is 3. The van der Waals surface area contributed by atoms with Crippen molar-refractivity contribution in [2.75, 3.05) is 0 Å². The van der Waals surface area contributed by atoms with Crippen molar-refractivity contribution in [3.8, 4) is 5.75 Å². The summed E-state index contributed by atoms with van der Waals surface area (Å²) in [5, 5.41) is 0. The fraction of sp³-hybridized carbons (Fsp3) is 0.533.